The van der Waals surface area contributed by atoms with Crippen molar-refractivity contribution >= 4 is 22.6 Å². The van der Waals surface area contributed by atoms with Crippen molar-refractivity contribution < 1.29 is 14.3 Å². The van der Waals surface area contributed by atoms with Crippen LogP contribution in [0.4, 0.5) is 0 Å². The van der Waals surface area contributed by atoms with Gasteiger partial charge < -0.3 is 10.1 Å². The van der Waals surface area contributed by atoms with E-state index >= 15 is 0 Å². The molecule has 1 atom stereocenters. The maximum Gasteiger partial charge on any atom is 0.359 e. The fourth-order valence-corrected chi connectivity index (χ4v) is 3.06. The Morgan fingerprint density at radius 1 is 1.19 bits per heavy atom. The van der Waals surface area contributed by atoms with E-state index in [0.717, 1.165) is 34.9 Å². The number of carbonyl (C=O) groups excluding carboxylic acids is 2. The Hall–Kier alpha value is -3.15. The number of esters is 1. The third-order valence-electron chi connectivity index (χ3n) is 4.36. The molecule has 0 aliphatic carbocycles. The van der Waals surface area contributed by atoms with Crippen molar-refractivity contribution in [2.24, 2.45) is 0 Å². The lowest BCUT2D eigenvalue weighted by atomic mass is 10.00. The minimum atomic E-state index is -0.610. The van der Waals surface area contributed by atoms with Crippen molar-refractivity contribution in [1.82, 2.24) is 15.5 Å². The summed E-state index contributed by atoms with van der Waals surface area (Å²) in [4.78, 5) is 24.2. The molecule has 0 bridgehead atoms. The Morgan fingerprint density at radius 2 is 1.96 bits per heavy atom. The minimum Gasteiger partial charge on any atom is -0.451 e. The Morgan fingerprint density at radius 3 is 2.78 bits per heavy atom. The smallest absolute Gasteiger partial charge is 0.359 e. The number of nitrogens with zero attached hydrogens (tertiary/aromatic N) is 1. The number of amides is 1. The van der Waals surface area contributed by atoms with Crippen molar-refractivity contribution in [3.05, 3.63) is 65.5 Å². The van der Waals surface area contributed by atoms with E-state index in [1.165, 1.54) is 0 Å². The quantitative estimate of drug-likeness (QED) is 0.627. The van der Waals surface area contributed by atoms with Gasteiger partial charge in [-0.3, -0.25) is 9.89 Å². The number of hydrogen-bond donors (Lipinski definition) is 2. The molecule has 3 aromatic rings. The van der Waals surface area contributed by atoms with Crippen molar-refractivity contribution in [1.29, 1.82) is 0 Å². The number of rotatable bonds is 7. The topological polar surface area (TPSA) is 84.1 Å². The molecule has 3 rings (SSSR count). The van der Waals surface area contributed by atoms with Gasteiger partial charge in [0.1, 0.15) is 0 Å². The third kappa shape index (κ3) is 4.53. The number of aromatic amines is 1. The van der Waals surface area contributed by atoms with Crippen LogP contribution in [-0.2, 0) is 16.0 Å². The molecular weight excluding hydrogens is 342 g/mol. The van der Waals surface area contributed by atoms with Gasteiger partial charge in [0, 0.05) is 5.69 Å². The van der Waals surface area contributed by atoms with Gasteiger partial charge in [0.05, 0.1) is 6.04 Å². The highest BCUT2D eigenvalue weighted by atomic mass is 16.5. The van der Waals surface area contributed by atoms with E-state index in [0.29, 0.717) is 0 Å². The van der Waals surface area contributed by atoms with Gasteiger partial charge in [-0.2, -0.15) is 5.10 Å². The van der Waals surface area contributed by atoms with Crippen LogP contribution >= 0.6 is 0 Å². The predicted molar refractivity (Wildman–Crippen MR) is 103 cm³/mol. The second-order valence-electron chi connectivity index (χ2n) is 6.46. The van der Waals surface area contributed by atoms with E-state index in [-0.39, 0.29) is 24.2 Å². The van der Waals surface area contributed by atoms with Crippen molar-refractivity contribution in [3.63, 3.8) is 0 Å². The summed E-state index contributed by atoms with van der Waals surface area (Å²) >= 11 is 0. The van der Waals surface area contributed by atoms with Gasteiger partial charge in [-0.15, -0.1) is 0 Å². The van der Waals surface area contributed by atoms with Crippen molar-refractivity contribution in [2.75, 3.05) is 6.61 Å². The molecule has 1 amide bonds. The van der Waals surface area contributed by atoms with Gasteiger partial charge in [-0.1, -0.05) is 55.8 Å². The number of aryl methyl sites for hydroxylation is 1. The van der Waals surface area contributed by atoms with Crippen LogP contribution in [0.1, 0.15) is 48.1 Å². The molecule has 0 aliphatic rings. The number of ether oxygens (including phenoxy) is 1. The fraction of sp³-hybridized carbons (Fsp3) is 0.286. The van der Waals surface area contributed by atoms with E-state index in [9.17, 15) is 9.59 Å². The van der Waals surface area contributed by atoms with Crippen LogP contribution in [0.3, 0.4) is 0 Å². The summed E-state index contributed by atoms with van der Waals surface area (Å²) in [6, 6.07) is 15.4. The largest absolute Gasteiger partial charge is 0.451 e. The van der Waals surface area contributed by atoms with Crippen molar-refractivity contribution in [3.8, 4) is 0 Å². The average Bonchev–Trinajstić information content (AvgIpc) is 3.14. The van der Waals surface area contributed by atoms with Crippen molar-refractivity contribution in [2.45, 2.75) is 32.7 Å². The van der Waals surface area contributed by atoms with Gasteiger partial charge >= 0.3 is 5.97 Å². The molecule has 1 aromatic heterocycles. The maximum absolute atomic E-state index is 12.2. The first-order chi connectivity index (χ1) is 13.1. The van der Waals surface area contributed by atoms with Crippen LogP contribution in [0.15, 0.2) is 48.5 Å². The lowest BCUT2D eigenvalue weighted by molar-refractivity contribution is -0.124. The molecule has 1 unspecified atom stereocenters. The Bertz CT molecular complexity index is 943. The second-order valence-corrected chi connectivity index (χ2v) is 6.46. The highest BCUT2D eigenvalue weighted by molar-refractivity contribution is 5.90. The summed E-state index contributed by atoms with van der Waals surface area (Å²) < 4.78 is 5.07. The third-order valence-corrected chi connectivity index (χ3v) is 4.36. The standard InChI is InChI=1S/C21H23N3O3/c1-3-7-16-12-19(24-23-16)21(26)27-13-20(25)22-14(2)17-11-6-9-15-8-4-5-10-18(15)17/h4-6,8-12,14H,3,7,13H2,1-2H3,(H,22,25)(H,23,24). The molecule has 6 nitrogen and oxygen atoms in total. The number of H-pyrrole nitrogens is 1. The summed E-state index contributed by atoms with van der Waals surface area (Å²) in [7, 11) is 0. The molecule has 0 spiro atoms. The summed E-state index contributed by atoms with van der Waals surface area (Å²) in [6.45, 7) is 3.61. The SMILES string of the molecule is CCCc1cc(C(=O)OCC(=O)NC(C)c2cccc3ccccc23)n[nH]1. The molecule has 2 aromatic carbocycles. The Balaban J connectivity index is 1.57. The molecule has 0 aliphatic heterocycles. The van der Waals surface area contributed by atoms with Crippen LogP contribution in [0.2, 0.25) is 0 Å². The first-order valence-electron chi connectivity index (χ1n) is 9.07. The van der Waals surface area contributed by atoms with E-state index in [2.05, 4.69) is 15.5 Å². The zero-order valence-corrected chi connectivity index (χ0v) is 15.5. The summed E-state index contributed by atoms with van der Waals surface area (Å²) in [5, 5.41) is 11.8. The zero-order chi connectivity index (χ0) is 19.2. The summed E-state index contributed by atoms with van der Waals surface area (Å²) in [6.07, 6.45) is 1.76. The molecule has 6 heteroatoms. The number of hydrogen-bond acceptors (Lipinski definition) is 4. The van der Waals surface area contributed by atoms with Crippen LogP contribution in [0.5, 0.6) is 0 Å². The molecular formula is C21H23N3O3. The van der Waals surface area contributed by atoms with Gasteiger partial charge in [0.15, 0.2) is 12.3 Å². The minimum absolute atomic E-state index is 0.188. The predicted octanol–water partition coefficient (Wildman–Crippen LogP) is 3.55. The molecule has 140 valence electrons. The monoisotopic (exact) mass is 365 g/mol. The van der Waals surface area contributed by atoms with Crippen LogP contribution in [-0.4, -0.2) is 28.7 Å². The van der Waals surface area contributed by atoms with Gasteiger partial charge in [0.2, 0.25) is 0 Å². The molecule has 0 fully saturated rings. The number of fused-ring (bicyclic) bond motifs is 1. The molecule has 0 saturated carbocycles. The van der Waals surface area contributed by atoms with E-state index in [1.54, 1.807) is 6.07 Å². The Kier molecular flexibility index (Phi) is 5.86. The maximum atomic E-state index is 12.2. The normalized spacial score (nSPS) is 11.9. The molecule has 1 heterocycles. The van der Waals surface area contributed by atoms with Gasteiger partial charge in [-0.05, 0) is 35.7 Å². The van der Waals surface area contributed by atoms with Gasteiger partial charge in [-0.25, -0.2) is 4.79 Å². The highest BCUT2D eigenvalue weighted by Crippen LogP contribution is 2.23. The van der Waals surface area contributed by atoms with Crippen LogP contribution in [0.25, 0.3) is 10.8 Å². The average molecular weight is 365 g/mol. The number of aromatic nitrogens is 2. The lowest BCUT2D eigenvalue weighted by Crippen LogP contribution is -2.31. The van der Waals surface area contributed by atoms with Crippen LogP contribution < -0.4 is 5.32 Å². The molecule has 2 N–H and O–H groups in total. The summed E-state index contributed by atoms with van der Waals surface area (Å²) in [5.41, 5.74) is 2.08. The number of carbonyl (C=O) groups is 2. The first-order valence-corrected chi connectivity index (χ1v) is 9.07. The summed E-state index contributed by atoms with van der Waals surface area (Å²) in [5.74, 6) is -0.963. The number of benzene rings is 2. The lowest BCUT2D eigenvalue weighted by Gasteiger charge is -2.16. The number of nitrogens with one attached hydrogen (secondary N) is 2. The van der Waals surface area contributed by atoms with E-state index in [1.807, 2.05) is 56.3 Å². The molecule has 0 radical (unpaired) electrons. The Labute approximate surface area is 157 Å². The molecule has 0 saturated heterocycles. The first kappa shape index (κ1) is 18.6. The zero-order valence-electron chi connectivity index (χ0n) is 15.5. The van der Waals surface area contributed by atoms with Crippen LogP contribution in [0, 0.1) is 0 Å². The van der Waals surface area contributed by atoms with E-state index in [4.69, 9.17) is 4.74 Å². The fourth-order valence-electron chi connectivity index (χ4n) is 3.06. The second kappa shape index (κ2) is 8.49. The van der Waals surface area contributed by atoms with Gasteiger partial charge in [0.25, 0.3) is 5.91 Å². The van der Waals surface area contributed by atoms with E-state index < -0.39 is 5.97 Å². The molecule has 27 heavy (non-hydrogen) atoms. The highest BCUT2D eigenvalue weighted by Gasteiger charge is 2.16.